The fourth-order valence-corrected chi connectivity index (χ4v) is 3.32. The predicted molar refractivity (Wildman–Crippen MR) is 89.0 cm³/mol. The first-order valence-electron chi connectivity index (χ1n) is 7.97. The molecule has 3 aromatic rings. The van der Waals surface area contributed by atoms with Crippen LogP contribution in [0.1, 0.15) is 31.2 Å². The number of rotatable bonds is 3. The van der Waals surface area contributed by atoms with Crippen LogP contribution in [0.25, 0.3) is 16.9 Å². The summed E-state index contributed by atoms with van der Waals surface area (Å²) >= 11 is 0. The molecule has 3 aromatic heterocycles. The molecule has 22 heavy (non-hydrogen) atoms. The molecule has 1 aliphatic carbocycles. The van der Waals surface area contributed by atoms with Gasteiger partial charge in [-0.1, -0.05) is 18.9 Å². The van der Waals surface area contributed by atoms with Crippen molar-refractivity contribution in [2.75, 3.05) is 5.32 Å². The van der Waals surface area contributed by atoms with Crippen molar-refractivity contribution in [3.05, 3.63) is 48.4 Å². The van der Waals surface area contributed by atoms with Crippen molar-refractivity contribution in [2.24, 2.45) is 0 Å². The number of hydrogen-bond acceptors (Lipinski definition) is 3. The van der Waals surface area contributed by atoms with Gasteiger partial charge in [0.15, 0.2) is 0 Å². The van der Waals surface area contributed by atoms with Gasteiger partial charge in [0.1, 0.15) is 17.2 Å². The Balaban J connectivity index is 1.88. The smallest absolute Gasteiger partial charge is 0.142 e. The number of hydrogen-bond donors (Lipinski definition) is 1. The zero-order valence-electron chi connectivity index (χ0n) is 12.8. The van der Waals surface area contributed by atoms with E-state index in [4.69, 9.17) is 4.98 Å². The van der Waals surface area contributed by atoms with Crippen LogP contribution in [0.5, 0.6) is 0 Å². The van der Waals surface area contributed by atoms with Crippen molar-refractivity contribution in [1.29, 1.82) is 0 Å². The lowest BCUT2D eigenvalue weighted by Gasteiger charge is -2.14. The van der Waals surface area contributed by atoms with E-state index < -0.39 is 0 Å². The predicted octanol–water partition coefficient (Wildman–Crippen LogP) is 4.06. The Morgan fingerprint density at radius 1 is 1.14 bits per heavy atom. The van der Waals surface area contributed by atoms with Crippen LogP contribution in [0.4, 0.5) is 5.82 Å². The Morgan fingerprint density at radius 3 is 2.68 bits per heavy atom. The lowest BCUT2D eigenvalue weighted by atomic mass is 10.2. The largest absolute Gasteiger partial charge is 0.367 e. The molecule has 4 rings (SSSR count). The van der Waals surface area contributed by atoms with E-state index in [0.717, 1.165) is 22.7 Å². The standard InChI is InChI=1S/C18H20N4/c1-13-5-4-12-22-17(13)21-16(14-8-10-19-11-9-14)18(22)20-15-6-2-3-7-15/h4-5,8-12,15,20H,2-3,6-7H2,1H3. The van der Waals surface area contributed by atoms with Crippen molar-refractivity contribution in [3.63, 3.8) is 0 Å². The van der Waals surface area contributed by atoms with Crippen LogP contribution in [0.3, 0.4) is 0 Å². The zero-order chi connectivity index (χ0) is 14.9. The number of pyridine rings is 2. The van der Waals surface area contributed by atoms with E-state index in [9.17, 15) is 0 Å². The van der Waals surface area contributed by atoms with Crippen molar-refractivity contribution in [1.82, 2.24) is 14.4 Å². The van der Waals surface area contributed by atoms with Crippen molar-refractivity contribution >= 4 is 11.5 Å². The molecule has 112 valence electrons. The molecule has 0 bridgehead atoms. The third kappa shape index (κ3) is 2.25. The van der Waals surface area contributed by atoms with Crippen LogP contribution in [0.15, 0.2) is 42.9 Å². The number of aromatic nitrogens is 3. The highest BCUT2D eigenvalue weighted by molar-refractivity contribution is 5.77. The van der Waals surface area contributed by atoms with Gasteiger partial charge >= 0.3 is 0 Å². The Morgan fingerprint density at radius 2 is 1.91 bits per heavy atom. The summed E-state index contributed by atoms with van der Waals surface area (Å²) in [6, 6.07) is 8.80. The Bertz CT molecular complexity index is 785. The molecule has 0 radical (unpaired) electrons. The minimum absolute atomic E-state index is 0.556. The fourth-order valence-electron chi connectivity index (χ4n) is 3.32. The quantitative estimate of drug-likeness (QED) is 0.791. The molecule has 1 fully saturated rings. The van der Waals surface area contributed by atoms with E-state index in [-0.39, 0.29) is 0 Å². The molecule has 0 saturated heterocycles. The van der Waals surface area contributed by atoms with E-state index in [2.05, 4.69) is 40.0 Å². The van der Waals surface area contributed by atoms with E-state index >= 15 is 0 Å². The van der Waals surface area contributed by atoms with E-state index in [1.165, 1.54) is 31.2 Å². The van der Waals surface area contributed by atoms with E-state index in [0.29, 0.717) is 6.04 Å². The first kappa shape index (κ1) is 13.3. The SMILES string of the molecule is Cc1cccn2c(NC3CCCC3)c(-c3ccncc3)nc12. The first-order chi connectivity index (χ1) is 10.8. The molecular weight excluding hydrogens is 272 g/mol. The second-order valence-electron chi connectivity index (χ2n) is 6.06. The van der Waals surface area contributed by atoms with Gasteiger partial charge in [-0.15, -0.1) is 0 Å². The molecule has 0 aromatic carbocycles. The monoisotopic (exact) mass is 292 g/mol. The van der Waals surface area contributed by atoms with Gasteiger partial charge < -0.3 is 5.32 Å². The number of aryl methyl sites for hydroxylation is 1. The summed E-state index contributed by atoms with van der Waals surface area (Å²) in [5.74, 6) is 1.11. The average Bonchev–Trinajstić information content (AvgIpc) is 3.18. The van der Waals surface area contributed by atoms with Crippen molar-refractivity contribution < 1.29 is 0 Å². The van der Waals surface area contributed by atoms with Crippen LogP contribution in [-0.4, -0.2) is 20.4 Å². The highest BCUT2D eigenvalue weighted by Crippen LogP contribution is 2.32. The van der Waals surface area contributed by atoms with Crippen LogP contribution in [-0.2, 0) is 0 Å². The number of fused-ring (bicyclic) bond motifs is 1. The molecule has 1 N–H and O–H groups in total. The van der Waals surface area contributed by atoms with Crippen LogP contribution < -0.4 is 5.32 Å². The Labute approximate surface area is 130 Å². The summed E-state index contributed by atoms with van der Waals surface area (Å²) in [7, 11) is 0. The number of anilines is 1. The molecule has 0 spiro atoms. The molecule has 0 amide bonds. The van der Waals surface area contributed by atoms with Crippen LogP contribution >= 0.6 is 0 Å². The highest BCUT2D eigenvalue weighted by atomic mass is 15.1. The fraction of sp³-hybridized carbons (Fsp3) is 0.333. The molecule has 0 unspecified atom stereocenters. The Kier molecular flexibility index (Phi) is 3.29. The number of nitrogens with zero attached hydrogens (tertiary/aromatic N) is 3. The Hall–Kier alpha value is -2.36. The van der Waals surface area contributed by atoms with Gasteiger partial charge in [-0.05, 0) is 43.5 Å². The molecule has 4 nitrogen and oxygen atoms in total. The lowest BCUT2D eigenvalue weighted by molar-refractivity contribution is 0.749. The number of nitrogens with one attached hydrogen (secondary N) is 1. The third-order valence-electron chi connectivity index (χ3n) is 4.49. The summed E-state index contributed by atoms with van der Waals surface area (Å²) in [4.78, 5) is 9.02. The molecule has 1 aliphatic rings. The third-order valence-corrected chi connectivity index (χ3v) is 4.49. The maximum absolute atomic E-state index is 4.90. The van der Waals surface area contributed by atoms with Crippen LogP contribution in [0.2, 0.25) is 0 Å². The normalized spacial score (nSPS) is 15.5. The summed E-state index contributed by atoms with van der Waals surface area (Å²) in [5, 5.41) is 3.74. The average molecular weight is 292 g/mol. The highest BCUT2D eigenvalue weighted by Gasteiger charge is 2.20. The van der Waals surface area contributed by atoms with Gasteiger partial charge in [-0.3, -0.25) is 9.38 Å². The topological polar surface area (TPSA) is 42.2 Å². The second kappa shape index (κ2) is 5.44. The van der Waals surface area contributed by atoms with Gasteiger partial charge in [0.05, 0.1) is 0 Å². The summed E-state index contributed by atoms with van der Waals surface area (Å²) in [6.45, 7) is 2.11. The van der Waals surface area contributed by atoms with Crippen molar-refractivity contribution in [2.45, 2.75) is 38.6 Å². The molecule has 0 atom stereocenters. The van der Waals surface area contributed by atoms with Gasteiger partial charge in [-0.25, -0.2) is 4.98 Å². The number of imidazole rings is 1. The molecule has 3 heterocycles. The van der Waals surface area contributed by atoms with Gasteiger partial charge in [0, 0.05) is 30.2 Å². The zero-order valence-corrected chi connectivity index (χ0v) is 12.8. The maximum Gasteiger partial charge on any atom is 0.142 e. The van der Waals surface area contributed by atoms with E-state index in [1.807, 2.05) is 24.5 Å². The summed E-state index contributed by atoms with van der Waals surface area (Å²) in [6.07, 6.45) is 10.9. The molecule has 4 heteroatoms. The first-order valence-corrected chi connectivity index (χ1v) is 7.97. The van der Waals surface area contributed by atoms with Crippen molar-refractivity contribution in [3.8, 4) is 11.3 Å². The summed E-state index contributed by atoms with van der Waals surface area (Å²) in [5.41, 5.74) is 4.34. The second-order valence-corrected chi connectivity index (χ2v) is 6.06. The van der Waals surface area contributed by atoms with Gasteiger partial charge in [0.2, 0.25) is 0 Å². The summed E-state index contributed by atoms with van der Waals surface area (Å²) < 4.78 is 2.18. The van der Waals surface area contributed by atoms with E-state index in [1.54, 1.807) is 0 Å². The maximum atomic E-state index is 4.90. The van der Waals surface area contributed by atoms with Crippen LogP contribution in [0, 0.1) is 6.92 Å². The van der Waals surface area contributed by atoms with Gasteiger partial charge in [-0.2, -0.15) is 0 Å². The van der Waals surface area contributed by atoms with Gasteiger partial charge in [0.25, 0.3) is 0 Å². The lowest BCUT2D eigenvalue weighted by Crippen LogP contribution is -2.16. The minimum atomic E-state index is 0.556. The molecule has 0 aliphatic heterocycles. The molecular formula is C18H20N4. The molecule has 1 saturated carbocycles. The minimum Gasteiger partial charge on any atom is -0.367 e.